The molecule has 184 valence electrons. The average molecular weight is 478 g/mol. The number of likely N-dealkylation sites (N-methyl/N-ethyl adjacent to an activating group) is 2. The van der Waals surface area contributed by atoms with Gasteiger partial charge >= 0.3 is 18.9 Å². The summed E-state index contributed by atoms with van der Waals surface area (Å²) in [4.78, 5) is 11.9. The molecule has 0 radical (unpaired) electrons. The van der Waals surface area contributed by atoms with Crippen LogP contribution in [-0.2, 0) is 0 Å². The molecular formula is C28H50LiN4Si+3. The van der Waals surface area contributed by atoms with Crippen LogP contribution in [0, 0.1) is 0 Å². The number of amidine groups is 1. The predicted octanol–water partition coefficient (Wildman–Crippen LogP) is -0.420. The monoisotopic (exact) mass is 477 g/mol. The van der Waals surface area contributed by atoms with Crippen molar-refractivity contribution in [3.05, 3.63) is 70.2 Å². The maximum absolute atomic E-state index is 5.12. The molecule has 0 heterocycles. The first kappa shape index (κ1) is 32.6. The third-order valence-electron chi connectivity index (χ3n) is 5.24. The van der Waals surface area contributed by atoms with Gasteiger partial charge in [-0.05, 0) is 42.6 Å². The fourth-order valence-corrected chi connectivity index (χ4v) is 4.27. The molecule has 3 N–H and O–H groups in total. The van der Waals surface area contributed by atoms with E-state index in [4.69, 9.17) is 4.98 Å². The summed E-state index contributed by atoms with van der Waals surface area (Å²) in [5.41, 5.74) is 5.09. The van der Waals surface area contributed by atoms with Crippen molar-refractivity contribution < 1.29 is 33.7 Å². The zero-order valence-electron chi connectivity index (χ0n) is 24.1. The molecule has 0 bridgehead atoms. The van der Waals surface area contributed by atoms with Crippen molar-refractivity contribution in [3.63, 3.8) is 0 Å². The maximum atomic E-state index is 5.12. The summed E-state index contributed by atoms with van der Waals surface area (Å²) in [6, 6.07) is 17.1. The first-order valence-corrected chi connectivity index (χ1v) is 15.9. The van der Waals surface area contributed by atoms with Gasteiger partial charge in [-0.25, -0.2) is 0 Å². The molecule has 2 aromatic carbocycles. The second-order valence-electron chi connectivity index (χ2n) is 11.2. The summed E-state index contributed by atoms with van der Waals surface area (Å²) in [5, 5.41) is 0. The van der Waals surface area contributed by atoms with Crippen molar-refractivity contribution in [2.75, 3.05) is 41.3 Å². The van der Waals surface area contributed by atoms with Crippen LogP contribution >= 0.6 is 0 Å². The van der Waals surface area contributed by atoms with E-state index in [0.29, 0.717) is 11.8 Å². The minimum absolute atomic E-state index is 0. The number of benzene rings is 2. The molecular weight excluding hydrogens is 427 g/mol. The van der Waals surface area contributed by atoms with Crippen LogP contribution in [0.4, 0.5) is 5.69 Å². The summed E-state index contributed by atoms with van der Waals surface area (Å²) < 4.78 is 0. The smallest absolute Gasteiger partial charge is 0.340 e. The molecule has 0 saturated carbocycles. The quantitative estimate of drug-likeness (QED) is 0.263. The Labute approximate surface area is 223 Å². The van der Waals surface area contributed by atoms with E-state index in [0.717, 1.165) is 11.4 Å². The molecule has 0 aliphatic rings. The van der Waals surface area contributed by atoms with Gasteiger partial charge in [0.05, 0.1) is 28.2 Å². The number of nitrogens with zero attached hydrogens (tertiary/aromatic N) is 1. The summed E-state index contributed by atoms with van der Waals surface area (Å²) in [7, 11) is 7.11. The van der Waals surface area contributed by atoms with Gasteiger partial charge in [-0.15, -0.1) is 0 Å². The van der Waals surface area contributed by atoms with Gasteiger partial charge in [-0.3, -0.25) is 0 Å². The van der Waals surface area contributed by atoms with Crippen molar-refractivity contribution in [3.8, 4) is 0 Å². The van der Waals surface area contributed by atoms with Gasteiger partial charge in [-0.1, -0.05) is 76.2 Å². The molecule has 0 spiro atoms. The molecule has 6 heteroatoms. The molecule has 0 atom stereocenters. The van der Waals surface area contributed by atoms with Crippen LogP contribution < -0.4 is 33.7 Å². The Bertz CT molecular complexity index is 822. The van der Waals surface area contributed by atoms with Gasteiger partial charge in [0.1, 0.15) is 18.9 Å². The van der Waals surface area contributed by atoms with Crippen molar-refractivity contribution in [2.24, 2.45) is 0 Å². The average Bonchev–Trinajstić information content (AvgIpc) is 2.71. The standard InChI is InChI=1S/C22H31N2Si.C6H16N2.Li/c1-16(2)19-14-11-15-20(17(3)4)21(19)23-22(24-25(5,6)7)18-12-9-8-10-13-18;1-7(2)5-6-8(3)4;/h8-17H,1-7H3;5-6H2,1-4H3;/q-1;;+1/p+3. The van der Waals surface area contributed by atoms with Gasteiger partial charge in [0, 0.05) is 11.3 Å². The first-order chi connectivity index (χ1) is 15.3. The largest absolute Gasteiger partial charge is 1.00 e. The number of hydrogen-bond donors (Lipinski definition) is 3. The van der Waals surface area contributed by atoms with Crippen molar-refractivity contribution in [2.45, 2.75) is 59.2 Å². The second kappa shape index (κ2) is 15.6. The second-order valence-corrected chi connectivity index (χ2v) is 15.7. The summed E-state index contributed by atoms with van der Waals surface area (Å²) in [6.07, 6.45) is 0. The SMILES string of the molecule is CC(C)c1cccc(C(C)C)c1[NH+]=C([N-][Si](C)(C)C)c1ccccc1.C[NH+](C)CC[NH+](C)C.[Li+]. The van der Waals surface area contributed by atoms with E-state index in [9.17, 15) is 0 Å². The van der Waals surface area contributed by atoms with Gasteiger partial charge in [0.15, 0.2) is 8.24 Å². The zero-order valence-corrected chi connectivity index (χ0v) is 25.1. The van der Waals surface area contributed by atoms with Gasteiger partial charge < -0.3 is 19.8 Å². The molecule has 34 heavy (non-hydrogen) atoms. The fourth-order valence-electron chi connectivity index (χ4n) is 3.41. The van der Waals surface area contributed by atoms with Crippen molar-refractivity contribution in [1.29, 1.82) is 0 Å². The minimum Gasteiger partial charge on any atom is -0.340 e. The summed E-state index contributed by atoms with van der Waals surface area (Å²) in [5.74, 6) is 1.92. The van der Waals surface area contributed by atoms with Crippen LogP contribution in [0.15, 0.2) is 48.5 Å². The van der Waals surface area contributed by atoms with E-state index < -0.39 is 8.24 Å². The first-order valence-electron chi connectivity index (χ1n) is 12.4. The van der Waals surface area contributed by atoms with E-state index in [2.05, 4.69) is 129 Å². The Morgan fingerprint density at radius 2 is 1.21 bits per heavy atom. The fraction of sp³-hybridized carbons (Fsp3) is 0.536. The molecule has 0 saturated heterocycles. The van der Waals surface area contributed by atoms with Crippen LogP contribution in [0.5, 0.6) is 0 Å². The number of hydrogen-bond acceptors (Lipinski definition) is 0. The molecule has 4 nitrogen and oxygen atoms in total. The number of quaternary nitrogens is 2. The van der Waals surface area contributed by atoms with Crippen LogP contribution in [0.2, 0.25) is 19.6 Å². The van der Waals surface area contributed by atoms with Crippen LogP contribution in [0.3, 0.4) is 0 Å². The summed E-state index contributed by atoms with van der Waals surface area (Å²) >= 11 is 0. The van der Waals surface area contributed by atoms with Crippen LogP contribution in [0.25, 0.3) is 4.98 Å². The Balaban J connectivity index is 0.00000104. The maximum Gasteiger partial charge on any atom is 1.00 e. The third kappa shape index (κ3) is 12.4. The summed E-state index contributed by atoms with van der Waals surface area (Å²) in [6.45, 7) is 18.4. The predicted molar refractivity (Wildman–Crippen MR) is 148 cm³/mol. The Kier molecular flexibility index (Phi) is 15.0. The molecule has 0 fully saturated rings. The van der Waals surface area contributed by atoms with E-state index in [1.54, 1.807) is 0 Å². The molecule has 2 rings (SSSR count). The molecule has 0 aromatic heterocycles. The van der Waals surface area contributed by atoms with Gasteiger partial charge in [0.25, 0.3) is 0 Å². The third-order valence-corrected chi connectivity index (χ3v) is 6.13. The van der Waals surface area contributed by atoms with Crippen LogP contribution in [0.1, 0.15) is 56.2 Å². The zero-order chi connectivity index (χ0) is 25.2. The van der Waals surface area contributed by atoms with Gasteiger partial charge in [0.2, 0.25) is 0 Å². The van der Waals surface area contributed by atoms with E-state index >= 15 is 0 Å². The Morgan fingerprint density at radius 3 is 1.56 bits per heavy atom. The van der Waals surface area contributed by atoms with E-state index in [1.165, 1.54) is 39.7 Å². The normalized spacial score (nSPS) is 12.0. The number of rotatable bonds is 8. The number of para-hydroxylation sites is 1. The molecule has 0 aliphatic carbocycles. The van der Waals surface area contributed by atoms with E-state index in [-0.39, 0.29) is 18.9 Å². The minimum atomic E-state index is -1.62. The topological polar surface area (TPSA) is 36.9 Å². The number of nitrogens with one attached hydrogen (secondary N) is 3. The van der Waals surface area contributed by atoms with Crippen molar-refractivity contribution >= 4 is 19.8 Å². The molecule has 2 aromatic rings. The van der Waals surface area contributed by atoms with Crippen molar-refractivity contribution in [1.82, 2.24) is 0 Å². The van der Waals surface area contributed by atoms with E-state index in [1.807, 2.05) is 0 Å². The van der Waals surface area contributed by atoms with Gasteiger partial charge in [-0.2, -0.15) is 0 Å². The van der Waals surface area contributed by atoms with Crippen LogP contribution in [-0.4, -0.2) is 55.4 Å². The molecule has 0 amide bonds. The molecule has 0 aliphatic heterocycles. The molecule has 0 unspecified atom stereocenters. The Hall–Kier alpha value is -1.36. The Morgan fingerprint density at radius 1 is 0.765 bits per heavy atom.